The van der Waals surface area contributed by atoms with Gasteiger partial charge in [0.15, 0.2) is 0 Å². The van der Waals surface area contributed by atoms with Crippen LogP contribution >= 0.6 is 0 Å². The summed E-state index contributed by atoms with van der Waals surface area (Å²) in [5, 5.41) is 12.3. The Balaban J connectivity index is 1.37. The smallest absolute Gasteiger partial charge is 0.251 e. The van der Waals surface area contributed by atoms with E-state index in [9.17, 15) is 9.59 Å². The predicted octanol–water partition coefficient (Wildman–Crippen LogP) is 4.64. The van der Waals surface area contributed by atoms with Crippen LogP contribution in [0.1, 0.15) is 68.8 Å². The normalized spacial score (nSPS) is 20.6. The largest absolute Gasteiger partial charge is 0.493 e. The van der Waals surface area contributed by atoms with Gasteiger partial charge in [0.05, 0.1) is 24.3 Å². The monoisotopic (exact) mass is 520 g/mol. The van der Waals surface area contributed by atoms with E-state index >= 15 is 0 Å². The van der Waals surface area contributed by atoms with Crippen molar-refractivity contribution in [3.63, 3.8) is 0 Å². The Kier molecular flexibility index (Phi) is 8.84. The second-order valence-electron chi connectivity index (χ2n) is 11.4. The number of fused-ring (bicyclic) bond motifs is 1. The Morgan fingerprint density at radius 1 is 1.11 bits per heavy atom. The number of rotatable bonds is 10. The number of carbonyl (C=O) groups is 2. The number of aliphatic imine (C=N–C) groups is 1. The molecule has 1 saturated heterocycles. The van der Waals surface area contributed by atoms with E-state index < -0.39 is 11.4 Å². The number of amides is 2. The highest BCUT2D eigenvalue weighted by molar-refractivity contribution is 5.95. The van der Waals surface area contributed by atoms with E-state index in [4.69, 9.17) is 9.94 Å². The van der Waals surface area contributed by atoms with Gasteiger partial charge in [-0.25, -0.2) is 5.48 Å². The summed E-state index contributed by atoms with van der Waals surface area (Å²) in [5.74, 6) is 0.592. The minimum atomic E-state index is -0.697. The summed E-state index contributed by atoms with van der Waals surface area (Å²) in [6, 6.07) is 15.3. The maximum absolute atomic E-state index is 13.2. The average molecular weight is 521 g/mol. The Morgan fingerprint density at radius 3 is 2.50 bits per heavy atom. The summed E-state index contributed by atoms with van der Waals surface area (Å²) in [5.41, 5.74) is 3.51. The molecule has 8 heteroatoms. The van der Waals surface area contributed by atoms with Crippen molar-refractivity contribution in [3.8, 4) is 5.75 Å². The van der Waals surface area contributed by atoms with Crippen LogP contribution in [0.3, 0.4) is 0 Å². The van der Waals surface area contributed by atoms with E-state index in [1.165, 1.54) is 5.56 Å². The number of likely N-dealkylation sites (tertiary alicyclic amines) is 1. The van der Waals surface area contributed by atoms with Gasteiger partial charge in [-0.2, -0.15) is 0 Å². The molecule has 8 nitrogen and oxygen atoms in total. The Bertz CT molecular complexity index is 1140. The van der Waals surface area contributed by atoms with Gasteiger partial charge >= 0.3 is 0 Å². The van der Waals surface area contributed by atoms with Crippen LogP contribution in [0.2, 0.25) is 0 Å². The first-order chi connectivity index (χ1) is 18.2. The predicted molar refractivity (Wildman–Crippen MR) is 148 cm³/mol. The first kappa shape index (κ1) is 27.8. The van der Waals surface area contributed by atoms with Crippen molar-refractivity contribution in [1.82, 2.24) is 15.7 Å². The molecule has 204 valence electrons. The lowest BCUT2D eigenvalue weighted by Crippen LogP contribution is -2.57. The molecule has 4 rings (SSSR count). The van der Waals surface area contributed by atoms with Gasteiger partial charge in [0.1, 0.15) is 5.75 Å². The zero-order valence-electron chi connectivity index (χ0n) is 22.7. The molecule has 0 aliphatic carbocycles. The molecule has 2 aliphatic heterocycles. The molecule has 3 N–H and O–H groups in total. The lowest BCUT2D eigenvalue weighted by molar-refractivity contribution is -0.131. The summed E-state index contributed by atoms with van der Waals surface area (Å²) in [6.45, 7) is 9.69. The van der Waals surface area contributed by atoms with Crippen LogP contribution < -0.4 is 15.5 Å². The number of nitrogens with zero attached hydrogens (tertiary/aromatic N) is 2. The number of piperidine rings is 1. The summed E-state index contributed by atoms with van der Waals surface area (Å²) in [4.78, 5) is 32.2. The van der Waals surface area contributed by atoms with Gasteiger partial charge in [0.2, 0.25) is 5.91 Å². The maximum atomic E-state index is 13.2. The topological polar surface area (TPSA) is 103 Å². The summed E-state index contributed by atoms with van der Waals surface area (Å²) >= 11 is 0. The second kappa shape index (κ2) is 12.1. The number of hydroxylamine groups is 1. The first-order valence-electron chi connectivity index (χ1n) is 13.5. The highest BCUT2D eigenvalue weighted by Crippen LogP contribution is 2.38. The fourth-order valence-corrected chi connectivity index (χ4v) is 5.29. The van der Waals surface area contributed by atoms with Gasteiger partial charge in [-0.15, -0.1) is 0 Å². The molecule has 1 unspecified atom stereocenters. The number of carbonyl (C=O) groups excluding carboxylic acids is 2. The van der Waals surface area contributed by atoms with Crippen LogP contribution in [0.25, 0.3) is 0 Å². The van der Waals surface area contributed by atoms with Crippen LogP contribution in [0.4, 0.5) is 5.69 Å². The van der Waals surface area contributed by atoms with E-state index in [1.54, 1.807) is 17.6 Å². The van der Waals surface area contributed by atoms with Crippen molar-refractivity contribution in [1.29, 1.82) is 0 Å². The summed E-state index contributed by atoms with van der Waals surface area (Å²) < 4.78 is 6.15. The molecule has 2 amide bonds. The molecule has 2 heterocycles. The van der Waals surface area contributed by atoms with Crippen LogP contribution in [-0.2, 0) is 10.2 Å². The summed E-state index contributed by atoms with van der Waals surface area (Å²) in [7, 11) is 0. The van der Waals surface area contributed by atoms with Crippen LogP contribution in [0.15, 0.2) is 53.5 Å². The third kappa shape index (κ3) is 6.79. The number of benzene rings is 2. The van der Waals surface area contributed by atoms with E-state index in [0.29, 0.717) is 36.7 Å². The Morgan fingerprint density at radius 2 is 1.82 bits per heavy atom. The highest BCUT2D eigenvalue weighted by Gasteiger charge is 2.38. The van der Waals surface area contributed by atoms with E-state index in [-0.39, 0.29) is 17.7 Å². The minimum Gasteiger partial charge on any atom is -0.493 e. The van der Waals surface area contributed by atoms with Crippen molar-refractivity contribution in [2.75, 3.05) is 26.2 Å². The SMILES string of the molecule is CC(C)CCN1CCC(CC(=O)NO)(NC(=O)c2ccc(OCC3(C)CC=Nc4ccccc43)cc2)CC1. The zero-order chi connectivity index (χ0) is 27.2. The number of nitrogens with one attached hydrogen (secondary N) is 2. The molecule has 1 atom stereocenters. The number of para-hydroxylation sites is 1. The third-order valence-corrected chi connectivity index (χ3v) is 7.84. The number of ether oxygens (including phenoxy) is 1. The zero-order valence-corrected chi connectivity index (χ0v) is 22.7. The lowest BCUT2D eigenvalue weighted by Gasteiger charge is -2.42. The van der Waals surface area contributed by atoms with Gasteiger partial charge in [-0.05, 0) is 74.0 Å². The quantitative estimate of drug-likeness (QED) is 0.313. The molecule has 0 bridgehead atoms. The van der Waals surface area contributed by atoms with Crippen molar-refractivity contribution < 1.29 is 19.5 Å². The van der Waals surface area contributed by atoms with Crippen molar-refractivity contribution in [2.24, 2.45) is 10.9 Å². The van der Waals surface area contributed by atoms with E-state index in [0.717, 1.165) is 38.2 Å². The first-order valence-corrected chi connectivity index (χ1v) is 13.5. The molecule has 0 aromatic heterocycles. The summed E-state index contributed by atoms with van der Waals surface area (Å²) in [6.07, 6.45) is 5.19. The fraction of sp³-hybridized carbons (Fsp3) is 0.500. The molecule has 0 radical (unpaired) electrons. The van der Waals surface area contributed by atoms with Gasteiger partial charge in [0.25, 0.3) is 5.91 Å². The standard InChI is InChI=1S/C30H40N4O4/c1-22(2)12-17-34-18-14-30(15-19-34,20-27(35)33-37)32-28(36)23-8-10-24(11-9-23)38-21-29(3)13-16-31-26-7-5-4-6-25(26)29/h4-11,16,22,37H,12-15,17-21H2,1-3H3,(H,32,36)(H,33,35). The van der Waals surface area contributed by atoms with Crippen LogP contribution in [0, 0.1) is 5.92 Å². The van der Waals surface area contributed by atoms with Gasteiger partial charge in [-0.3, -0.25) is 19.8 Å². The molecular formula is C30H40N4O4. The average Bonchev–Trinajstić information content (AvgIpc) is 2.92. The van der Waals surface area contributed by atoms with Gasteiger partial charge in [0, 0.05) is 30.3 Å². The molecule has 2 aliphatic rings. The molecular weight excluding hydrogens is 480 g/mol. The molecule has 1 fully saturated rings. The second-order valence-corrected chi connectivity index (χ2v) is 11.4. The van der Waals surface area contributed by atoms with Crippen LogP contribution in [0.5, 0.6) is 5.75 Å². The minimum absolute atomic E-state index is 0.0395. The molecule has 2 aromatic rings. The Hall–Kier alpha value is -3.23. The number of hydrogen-bond acceptors (Lipinski definition) is 6. The van der Waals surface area contributed by atoms with E-state index in [2.05, 4.69) is 42.0 Å². The van der Waals surface area contributed by atoms with E-state index in [1.807, 2.05) is 36.5 Å². The fourth-order valence-electron chi connectivity index (χ4n) is 5.29. The Labute approximate surface area is 225 Å². The van der Waals surface area contributed by atoms with Gasteiger partial charge in [-0.1, -0.05) is 39.0 Å². The molecule has 0 saturated carbocycles. The van der Waals surface area contributed by atoms with Gasteiger partial charge < -0.3 is 15.0 Å². The maximum Gasteiger partial charge on any atom is 0.251 e. The van der Waals surface area contributed by atoms with Crippen molar-refractivity contribution in [2.45, 2.75) is 63.8 Å². The molecule has 2 aromatic carbocycles. The third-order valence-electron chi connectivity index (χ3n) is 7.84. The highest BCUT2D eigenvalue weighted by atomic mass is 16.5. The molecule has 0 spiro atoms. The number of hydrogen-bond donors (Lipinski definition) is 3. The van der Waals surface area contributed by atoms with Crippen molar-refractivity contribution in [3.05, 3.63) is 59.7 Å². The van der Waals surface area contributed by atoms with Crippen molar-refractivity contribution >= 4 is 23.7 Å². The lowest BCUT2D eigenvalue weighted by atomic mass is 9.78. The van der Waals surface area contributed by atoms with Crippen LogP contribution in [-0.4, -0.2) is 59.9 Å². The molecule has 38 heavy (non-hydrogen) atoms.